The van der Waals surface area contributed by atoms with Gasteiger partial charge in [-0.15, -0.1) is 0 Å². The second-order valence-corrected chi connectivity index (χ2v) is 8.46. The molecule has 1 heterocycles. The molecule has 0 aromatic heterocycles. The fourth-order valence-corrected chi connectivity index (χ4v) is 5.19. The Morgan fingerprint density at radius 1 is 1.29 bits per heavy atom. The maximum absolute atomic E-state index is 6.38. The van der Waals surface area contributed by atoms with Crippen molar-refractivity contribution < 1.29 is 4.74 Å². The summed E-state index contributed by atoms with van der Waals surface area (Å²) in [5.74, 6) is 2.16. The van der Waals surface area contributed by atoms with Crippen molar-refractivity contribution in [3.63, 3.8) is 0 Å². The molecule has 3 rings (SSSR count). The van der Waals surface area contributed by atoms with Crippen molar-refractivity contribution in [2.24, 2.45) is 5.73 Å². The van der Waals surface area contributed by atoms with E-state index in [-0.39, 0.29) is 6.04 Å². The minimum absolute atomic E-state index is 0.222. The Hall–Kier alpha value is -0.190. The average molecular weight is 370 g/mol. The van der Waals surface area contributed by atoms with Gasteiger partial charge in [0, 0.05) is 27.9 Å². The molecular formula is C17H24BrNOS. The van der Waals surface area contributed by atoms with Gasteiger partial charge >= 0.3 is 0 Å². The van der Waals surface area contributed by atoms with Gasteiger partial charge in [-0.1, -0.05) is 35.2 Å². The Labute approximate surface area is 140 Å². The summed E-state index contributed by atoms with van der Waals surface area (Å²) in [6.45, 7) is 0.810. The van der Waals surface area contributed by atoms with E-state index in [9.17, 15) is 0 Å². The zero-order valence-corrected chi connectivity index (χ0v) is 14.8. The van der Waals surface area contributed by atoms with Gasteiger partial charge in [-0.3, -0.25) is 0 Å². The van der Waals surface area contributed by atoms with Crippen LogP contribution in [0.4, 0.5) is 0 Å². The second kappa shape index (κ2) is 7.38. The summed E-state index contributed by atoms with van der Waals surface area (Å²) in [6, 6.07) is 4.57. The number of nitrogens with two attached hydrogens (primary N) is 1. The summed E-state index contributed by atoms with van der Waals surface area (Å²) >= 11 is 5.69. The summed E-state index contributed by atoms with van der Waals surface area (Å²) in [6.07, 6.45) is 8.93. The van der Waals surface area contributed by atoms with Crippen LogP contribution < -0.4 is 10.5 Å². The van der Waals surface area contributed by atoms with Crippen molar-refractivity contribution in [2.75, 3.05) is 12.4 Å². The SMILES string of the molecule is NC(CSC1CCCCC1)Cc1cc(Br)cc2c1OCC2. The van der Waals surface area contributed by atoms with Crippen molar-refractivity contribution in [3.05, 3.63) is 27.7 Å². The van der Waals surface area contributed by atoms with Crippen LogP contribution in [-0.4, -0.2) is 23.7 Å². The molecule has 0 spiro atoms. The van der Waals surface area contributed by atoms with Crippen LogP contribution in [0.3, 0.4) is 0 Å². The molecule has 1 aromatic rings. The van der Waals surface area contributed by atoms with Crippen molar-refractivity contribution in [2.45, 2.75) is 56.2 Å². The minimum Gasteiger partial charge on any atom is -0.493 e. The smallest absolute Gasteiger partial charge is 0.125 e. The summed E-state index contributed by atoms with van der Waals surface area (Å²) in [4.78, 5) is 0. The maximum atomic E-state index is 6.38. The van der Waals surface area contributed by atoms with Crippen LogP contribution in [0.2, 0.25) is 0 Å². The zero-order chi connectivity index (χ0) is 14.7. The maximum Gasteiger partial charge on any atom is 0.125 e. The Balaban J connectivity index is 1.56. The quantitative estimate of drug-likeness (QED) is 0.839. The van der Waals surface area contributed by atoms with Gasteiger partial charge in [0.05, 0.1) is 6.61 Å². The van der Waals surface area contributed by atoms with Crippen molar-refractivity contribution >= 4 is 27.7 Å². The third-order valence-electron chi connectivity index (χ3n) is 4.41. The monoisotopic (exact) mass is 369 g/mol. The molecule has 4 heteroatoms. The zero-order valence-electron chi connectivity index (χ0n) is 12.4. The Kier molecular flexibility index (Phi) is 5.52. The van der Waals surface area contributed by atoms with Gasteiger partial charge in [-0.05, 0) is 42.5 Å². The first-order chi connectivity index (χ1) is 10.2. The molecule has 2 aliphatic rings. The van der Waals surface area contributed by atoms with E-state index in [0.717, 1.165) is 40.7 Å². The van der Waals surface area contributed by atoms with Crippen molar-refractivity contribution in [1.82, 2.24) is 0 Å². The van der Waals surface area contributed by atoms with E-state index in [1.54, 1.807) is 0 Å². The molecule has 0 amide bonds. The highest BCUT2D eigenvalue weighted by Gasteiger charge is 2.20. The molecule has 0 bridgehead atoms. The number of rotatable bonds is 5. The van der Waals surface area contributed by atoms with Gasteiger partial charge in [-0.25, -0.2) is 0 Å². The molecule has 1 aliphatic heterocycles. The largest absolute Gasteiger partial charge is 0.493 e. The predicted octanol–water partition coefficient (Wildman–Crippen LogP) is 4.32. The van der Waals surface area contributed by atoms with Gasteiger partial charge in [0.15, 0.2) is 0 Å². The topological polar surface area (TPSA) is 35.2 Å². The highest BCUT2D eigenvalue weighted by atomic mass is 79.9. The van der Waals surface area contributed by atoms with Crippen LogP contribution >= 0.6 is 27.7 Å². The average Bonchev–Trinajstić information content (AvgIpc) is 2.94. The van der Waals surface area contributed by atoms with Crippen LogP contribution in [0, 0.1) is 0 Å². The summed E-state index contributed by atoms with van der Waals surface area (Å²) < 4.78 is 6.94. The number of hydrogen-bond acceptors (Lipinski definition) is 3. The number of benzene rings is 1. The van der Waals surface area contributed by atoms with Gasteiger partial charge in [0.2, 0.25) is 0 Å². The lowest BCUT2D eigenvalue weighted by atomic mass is 10.0. The summed E-state index contributed by atoms with van der Waals surface area (Å²) in [7, 11) is 0. The molecule has 21 heavy (non-hydrogen) atoms. The Morgan fingerprint density at radius 3 is 2.90 bits per heavy atom. The fourth-order valence-electron chi connectivity index (χ4n) is 3.33. The standard InChI is InChI=1S/C17H24BrNOS/c18-14-8-12-6-7-20-17(12)13(9-14)10-15(19)11-21-16-4-2-1-3-5-16/h8-9,15-16H,1-7,10-11,19H2. The van der Waals surface area contributed by atoms with Crippen LogP contribution in [0.15, 0.2) is 16.6 Å². The highest BCUT2D eigenvalue weighted by Crippen LogP contribution is 2.34. The van der Waals surface area contributed by atoms with E-state index < -0.39 is 0 Å². The molecule has 2 N–H and O–H groups in total. The third-order valence-corrected chi connectivity index (χ3v) is 6.43. The molecule has 1 fully saturated rings. The molecular weight excluding hydrogens is 346 g/mol. The first-order valence-corrected chi connectivity index (χ1v) is 9.88. The second-order valence-electron chi connectivity index (χ2n) is 6.21. The van der Waals surface area contributed by atoms with E-state index in [2.05, 4.69) is 39.8 Å². The molecule has 0 saturated heterocycles. The number of hydrogen-bond donors (Lipinski definition) is 1. The third kappa shape index (κ3) is 4.17. The molecule has 1 saturated carbocycles. The molecule has 1 aromatic carbocycles. The molecule has 116 valence electrons. The lowest BCUT2D eigenvalue weighted by molar-refractivity contribution is 0.353. The van der Waals surface area contributed by atoms with E-state index in [0.29, 0.717) is 0 Å². The van der Waals surface area contributed by atoms with E-state index in [4.69, 9.17) is 10.5 Å². The van der Waals surface area contributed by atoms with Crippen molar-refractivity contribution in [3.8, 4) is 5.75 Å². The fraction of sp³-hybridized carbons (Fsp3) is 0.647. The normalized spacial score (nSPS) is 20.1. The Bertz CT molecular complexity index is 488. The van der Waals surface area contributed by atoms with E-state index >= 15 is 0 Å². The van der Waals surface area contributed by atoms with Gasteiger partial charge < -0.3 is 10.5 Å². The lowest BCUT2D eigenvalue weighted by Crippen LogP contribution is -2.27. The van der Waals surface area contributed by atoms with Crippen LogP contribution in [0.5, 0.6) is 5.75 Å². The minimum atomic E-state index is 0.222. The van der Waals surface area contributed by atoms with Crippen LogP contribution in [0.25, 0.3) is 0 Å². The van der Waals surface area contributed by atoms with E-state index in [1.165, 1.54) is 43.2 Å². The summed E-state index contributed by atoms with van der Waals surface area (Å²) in [5, 5.41) is 0.842. The van der Waals surface area contributed by atoms with Gasteiger partial charge in [0.1, 0.15) is 5.75 Å². The first kappa shape index (κ1) is 15.7. The number of halogens is 1. The molecule has 0 radical (unpaired) electrons. The molecule has 1 unspecified atom stereocenters. The van der Waals surface area contributed by atoms with E-state index in [1.807, 2.05) is 0 Å². The highest BCUT2D eigenvalue weighted by molar-refractivity contribution is 9.10. The number of thioether (sulfide) groups is 1. The Morgan fingerprint density at radius 2 is 2.10 bits per heavy atom. The molecule has 1 aliphatic carbocycles. The van der Waals surface area contributed by atoms with Gasteiger partial charge in [-0.2, -0.15) is 11.8 Å². The first-order valence-electron chi connectivity index (χ1n) is 8.03. The number of ether oxygens (including phenoxy) is 1. The van der Waals surface area contributed by atoms with Gasteiger partial charge in [0.25, 0.3) is 0 Å². The van der Waals surface area contributed by atoms with Crippen LogP contribution in [-0.2, 0) is 12.8 Å². The predicted molar refractivity (Wildman–Crippen MR) is 94.4 cm³/mol. The number of fused-ring (bicyclic) bond motifs is 1. The van der Waals surface area contributed by atoms with Crippen LogP contribution in [0.1, 0.15) is 43.2 Å². The lowest BCUT2D eigenvalue weighted by Gasteiger charge is -2.23. The molecule has 1 atom stereocenters. The molecule has 2 nitrogen and oxygen atoms in total. The summed E-state index contributed by atoms with van der Waals surface area (Å²) in [5.41, 5.74) is 8.97. The van der Waals surface area contributed by atoms with Crippen molar-refractivity contribution in [1.29, 1.82) is 0 Å².